The summed E-state index contributed by atoms with van der Waals surface area (Å²) in [6.45, 7) is 3.62. The molecule has 0 amide bonds. The minimum absolute atomic E-state index is 0.0742. The average molecular weight is 284 g/mol. The lowest BCUT2D eigenvalue weighted by atomic mass is 9.74. The Morgan fingerprint density at radius 3 is 2.45 bits per heavy atom. The highest BCUT2D eigenvalue weighted by molar-refractivity contribution is 5.99. The van der Waals surface area contributed by atoms with Crippen molar-refractivity contribution in [3.05, 3.63) is 34.9 Å². The number of benzene rings is 1. The second-order valence-corrected chi connectivity index (χ2v) is 5.72. The number of Topliss-reactive ketones (excluding diaryl/α,β-unsaturated/α-hetero) is 1. The highest BCUT2D eigenvalue weighted by Crippen LogP contribution is 2.43. The second-order valence-electron chi connectivity index (χ2n) is 5.72. The number of alkyl halides is 3. The molecule has 1 aliphatic carbocycles. The predicted molar refractivity (Wildman–Crippen MR) is 71.7 cm³/mol. The normalized spacial score (nSPS) is 23.6. The molecule has 0 aromatic heterocycles. The minimum atomic E-state index is -4.28. The highest BCUT2D eigenvalue weighted by Gasteiger charge is 2.48. The monoisotopic (exact) mass is 284 g/mol. The first-order chi connectivity index (χ1) is 9.30. The third kappa shape index (κ3) is 3.05. The van der Waals surface area contributed by atoms with Crippen molar-refractivity contribution >= 4 is 5.78 Å². The van der Waals surface area contributed by atoms with Crippen LogP contribution in [0.5, 0.6) is 0 Å². The zero-order valence-electron chi connectivity index (χ0n) is 11.8. The summed E-state index contributed by atoms with van der Waals surface area (Å²) in [5, 5.41) is 0. The van der Waals surface area contributed by atoms with E-state index in [4.69, 9.17) is 0 Å². The van der Waals surface area contributed by atoms with Crippen LogP contribution >= 0.6 is 0 Å². The quantitative estimate of drug-likeness (QED) is 0.709. The topological polar surface area (TPSA) is 17.1 Å². The Balaban J connectivity index is 2.32. The number of hydrogen-bond acceptors (Lipinski definition) is 1. The first-order valence-electron chi connectivity index (χ1n) is 6.99. The summed E-state index contributed by atoms with van der Waals surface area (Å²) in [5.41, 5.74) is 2.11. The first-order valence-corrected chi connectivity index (χ1v) is 6.99. The van der Waals surface area contributed by atoms with Gasteiger partial charge >= 0.3 is 6.18 Å². The van der Waals surface area contributed by atoms with Crippen molar-refractivity contribution in [2.75, 3.05) is 0 Å². The van der Waals surface area contributed by atoms with Crippen LogP contribution in [-0.2, 0) is 0 Å². The van der Waals surface area contributed by atoms with E-state index in [1.54, 1.807) is 19.1 Å². The lowest BCUT2D eigenvalue weighted by Gasteiger charge is -2.32. The van der Waals surface area contributed by atoms with Gasteiger partial charge in [-0.3, -0.25) is 4.79 Å². The molecule has 0 saturated heterocycles. The zero-order chi connectivity index (χ0) is 14.9. The van der Waals surface area contributed by atoms with E-state index in [1.807, 2.05) is 13.0 Å². The van der Waals surface area contributed by atoms with Gasteiger partial charge in [0, 0.05) is 11.5 Å². The van der Waals surface area contributed by atoms with E-state index < -0.39 is 18.0 Å². The second kappa shape index (κ2) is 5.58. The summed E-state index contributed by atoms with van der Waals surface area (Å²) >= 11 is 0. The van der Waals surface area contributed by atoms with Gasteiger partial charge in [0.25, 0.3) is 0 Å². The number of ketones is 1. The largest absolute Gasteiger partial charge is 0.392 e. The van der Waals surface area contributed by atoms with Crippen molar-refractivity contribution in [3.63, 3.8) is 0 Å². The predicted octanol–water partition coefficient (Wildman–Crippen LogP) is 4.85. The molecule has 2 atom stereocenters. The van der Waals surface area contributed by atoms with Gasteiger partial charge in [-0.15, -0.1) is 0 Å². The SMILES string of the molecule is Cc1ccc(C)c(C(=O)C2CCCCC2C(F)(F)F)c1. The molecule has 110 valence electrons. The van der Waals surface area contributed by atoms with E-state index in [1.165, 1.54) is 0 Å². The van der Waals surface area contributed by atoms with Gasteiger partial charge in [0.1, 0.15) is 0 Å². The summed E-state index contributed by atoms with van der Waals surface area (Å²) in [5.74, 6) is -2.74. The van der Waals surface area contributed by atoms with E-state index in [-0.39, 0.29) is 12.2 Å². The number of halogens is 3. The summed E-state index contributed by atoms with van der Waals surface area (Å²) in [6.07, 6.45) is -2.60. The summed E-state index contributed by atoms with van der Waals surface area (Å²) in [4.78, 5) is 12.5. The maximum atomic E-state index is 13.1. The molecule has 0 heterocycles. The molecule has 0 N–H and O–H groups in total. The fourth-order valence-corrected chi connectivity index (χ4v) is 3.04. The van der Waals surface area contributed by atoms with Gasteiger partial charge < -0.3 is 0 Å². The van der Waals surface area contributed by atoms with Crippen molar-refractivity contribution in [1.29, 1.82) is 0 Å². The average Bonchev–Trinajstić information content (AvgIpc) is 2.40. The Labute approximate surface area is 117 Å². The highest BCUT2D eigenvalue weighted by atomic mass is 19.4. The maximum Gasteiger partial charge on any atom is 0.392 e. The molecule has 4 heteroatoms. The molecule has 1 aromatic carbocycles. The Hall–Kier alpha value is -1.32. The Morgan fingerprint density at radius 1 is 1.15 bits per heavy atom. The molecule has 1 saturated carbocycles. The van der Waals surface area contributed by atoms with Crippen LogP contribution in [0.4, 0.5) is 13.2 Å². The van der Waals surface area contributed by atoms with Crippen molar-refractivity contribution in [3.8, 4) is 0 Å². The molecular weight excluding hydrogens is 265 g/mol. The summed E-state index contributed by atoms with van der Waals surface area (Å²) in [6, 6.07) is 5.38. The molecule has 0 spiro atoms. The molecular formula is C16H19F3O. The first kappa shape index (κ1) is 15.1. The van der Waals surface area contributed by atoms with Gasteiger partial charge in [-0.1, -0.05) is 30.5 Å². The van der Waals surface area contributed by atoms with Gasteiger partial charge in [0.15, 0.2) is 5.78 Å². The molecule has 0 radical (unpaired) electrons. The van der Waals surface area contributed by atoms with Crippen LogP contribution in [0, 0.1) is 25.7 Å². The van der Waals surface area contributed by atoms with Crippen LogP contribution in [-0.4, -0.2) is 12.0 Å². The van der Waals surface area contributed by atoms with Gasteiger partial charge in [-0.25, -0.2) is 0 Å². The van der Waals surface area contributed by atoms with Crippen molar-refractivity contribution in [2.24, 2.45) is 11.8 Å². The summed E-state index contributed by atoms with van der Waals surface area (Å²) in [7, 11) is 0. The van der Waals surface area contributed by atoms with Gasteiger partial charge in [-0.05, 0) is 38.3 Å². The molecule has 0 bridgehead atoms. The Kier molecular flexibility index (Phi) is 4.21. The van der Waals surface area contributed by atoms with Crippen LogP contribution in [0.3, 0.4) is 0 Å². The van der Waals surface area contributed by atoms with E-state index in [9.17, 15) is 18.0 Å². The Morgan fingerprint density at radius 2 is 1.80 bits per heavy atom. The third-order valence-corrected chi connectivity index (χ3v) is 4.18. The number of carbonyl (C=O) groups is 1. The van der Waals surface area contributed by atoms with Crippen LogP contribution in [0.1, 0.15) is 47.2 Å². The number of carbonyl (C=O) groups excluding carboxylic acids is 1. The standard InChI is InChI=1S/C16H19F3O/c1-10-7-8-11(2)13(9-10)15(20)12-5-3-4-6-14(12)16(17,18)19/h7-9,12,14H,3-6H2,1-2H3. The molecule has 2 rings (SSSR count). The molecule has 0 aliphatic heterocycles. The van der Waals surface area contributed by atoms with Crippen LogP contribution in [0.25, 0.3) is 0 Å². The third-order valence-electron chi connectivity index (χ3n) is 4.18. The molecule has 2 unspecified atom stereocenters. The van der Waals surface area contributed by atoms with E-state index in [0.717, 1.165) is 11.1 Å². The van der Waals surface area contributed by atoms with Gasteiger partial charge in [-0.2, -0.15) is 13.2 Å². The fourth-order valence-electron chi connectivity index (χ4n) is 3.04. The van der Waals surface area contributed by atoms with E-state index in [0.29, 0.717) is 24.8 Å². The van der Waals surface area contributed by atoms with Crippen LogP contribution < -0.4 is 0 Å². The minimum Gasteiger partial charge on any atom is -0.294 e. The summed E-state index contributed by atoms with van der Waals surface area (Å²) < 4.78 is 39.3. The lowest BCUT2D eigenvalue weighted by Crippen LogP contribution is -2.37. The van der Waals surface area contributed by atoms with Gasteiger partial charge in [0.05, 0.1) is 5.92 Å². The van der Waals surface area contributed by atoms with E-state index >= 15 is 0 Å². The Bertz CT molecular complexity index is 505. The molecule has 1 fully saturated rings. The van der Waals surface area contributed by atoms with Crippen molar-refractivity contribution in [2.45, 2.75) is 45.7 Å². The van der Waals surface area contributed by atoms with Crippen LogP contribution in [0.15, 0.2) is 18.2 Å². The van der Waals surface area contributed by atoms with E-state index in [2.05, 4.69) is 0 Å². The van der Waals surface area contributed by atoms with Crippen molar-refractivity contribution < 1.29 is 18.0 Å². The zero-order valence-corrected chi connectivity index (χ0v) is 11.8. The number of hydrogen-bond donors (Lipinski definition) is 0. The number of aryl methyl sites for hydroxylation is 2. The van der Waals surface area contributed by atoms with Gasteiger partial charge in [0.2, 0.25) is 0 Å². The molecule has 1 nitrogen and oxygen atoms in total. The molecule has 1 aromatic rings. The lowest BCUT2D eigenvalue weighted by molar-refractivity contribution is -0.190. The number of rotatable bonds is 2. The van der Waals surface area contributed by atoms with Crippen LogP contribution in [0.2, 0.25) is 0 Å². The molecule has 1 aliphatic rings. The molecule has 20 heavy (non-hydrogen) atoms. The smallest absolute Gasteiger partial charge is 0.294 e. The maximum absolute atomic E-state index is 13.1. The van der Waals surface area contributed by atoms with Crippen molar-refractivity contribution in [1.82, 2.24) is 0 Å². The fraction of sp³-hybridized carbons (Fsp3) is 0.562.